The van der Waals surface area contributed by atoms with E-state index in [1.54, 1.807) is 0 Å². The fraction of sp³-hybridized carbons (Fsp3) is 0.294. The van der Waals surface area contributed by atoms with Crippen molar-refractivity contribution in [1.29, 1.82) is 0 Å². The first kappa shape index (κ1) is 14.9. The van der Waals surface area contributed by atoms with Gasteiger partial charge in [-0.3, -0.25) is 0 Å². The second kappa shape index (κ2) is 7.32. The average molecular weight is 290 g/mol. The van der Waals surface area contributed by atoms with Gasteiger partial charge in [0.05, 0.1) is 6.61 Å². The molecule has 0 aromatic heterocycles. The van der Waals surface area contributed by atoms with Gasteiger partial charge in [-0.1, -0.05) is 42.8 Å². The summed E-state index contributed by atoms with van der Waals surface area (Å²) >= 11 is 6.33. The zero-order chi connectivity index (χ0) is 14.4. The highest BCUT2D eigenvalue weighted by molar-refractivity contribution is 6.31. The van der Waals surface area contributed by atoms with Crippen molar-refractivity contribution in [2.75, 3.05) is 13.2 Å². The highest BCUT2D eigenvalue weighted by Gasteiger charge is 2.04. The highest BCUT2D eigenvalue weighted by Crippen LogP contribution is 2.27. The van der Waals surface area contributed by atoms with Gasteiger partial charge in [0.15, 0.2) is 0 Å². The summed E-state index contributed by atoms with van der Waals surface area (Å²) in [7, 11) is 0. The lowest BCUT2D eigenvalue weighted by molar-refractivity contribution is 0.340. The molecule has 0 bridgehead atoms. The molecule has 0 fully saturated rings. The fourth-order valence-electron chi connectivity index (χ4n) is 2.04. The van der Waals surface area contributed by atoms with Crippen molar-refractivity contribution in [1.82, 2.24) is 5.32 Å². The SMILES string of the molecule is CCNCc1ccc(-c2ccc(OCC)cc2)cc1Cl. The predicted octanol–water partition coefficient (Wildman–Crippen LogP) is 4.52. The molecule has 0 aliphatic carbocycles. The summed E-state index contributed by atoms with van der Waals surface area (Å²) in [5, 5.41) is 4.09. The van der Waals surface area contributed by atoms with E-state index in [0.717, 1.165) is 40.6 Å². The van der Waals surface area contributed by atoms with Gasteiger partial charge in [-0.15, -0.1) is 0 Å². The molecular weight excluding hydrogens is 270 g/mol. The van der Waals surface area contributed by atoms with Gasteiger partial charge in [-0.05, 0) is 48.4 Å². The normalized spacial score (nSPS) is 10.6. The third kappa shape index (κ3) is 3.75. The van der Waals surface area contributed by atoms with E-state index in [1.165, 1.54) is 0 Å². The van der Waals surface area contributed by atoms with E-state index in [4.69, 9.17) is 16.3 Å². The topological polar surface area (TPSA) is 21.3 Å². The van der Waals surface area contributed by atoms with E-state index < -0.39 is 0 Å². The molecule has 2 rings (SSSR count). The Hall–Kier alpha value is -1.51. The van der Waals surface area contributed by atoms with Gasteiger partial charge in [0.2, 0.25) is 0 Å². The smallest absolute Gasteiger partial charge is 0.119 e. The molecule has 20 heavy (non-hydrogen) atoms. The first-order valence-corrected chi connectivity index (χ1v) is 7.34. The van der Waals surface area contributed by atoms with Crippen LogP contribution in [0.4, 0.5) is 0 Å². The molecular formula is C17H20ClNO. The first-order valence-electron chi connectivity index (χ1n) is 6.97. The lowest BCUT2D eigenvalue weighted by Crippen LogP contribution is -2.11. The van der Waals surface area contributed by atoms with Gasteiger partial charge in [0.25, 0.3) is 0 Å². The number of hydrogen-bond donors (Lipinski definition) is 1. The van der Waals surface area contributed by atoms with Gasteiger partial charge in [0, 0.05) is 11.6 Å². The number of ether oxygens (including phenoxy) is 1. The molecule has 0 aliphatic rings. The van der Waals surface area contributed by atoms with Crippen molar-refractivity contribution in [3.63, 3.8) is 0 Å². The Balaban J connectivity index is 2.18. The average Bonchev–Trinajstić information content (AvgIpc) is 2.47. The third-order valence-corrected chi connectivity index (χ3v) is 3.47. The third-order valence-electron chi connectivity index (χ3n) is 3.12. The monoisotopic (exact) mass is 289 g/mol. The van der Waals surface area contributed by atoms with Crippen LogP contribution in [-0.2, 0) is 6.54 Å². The molecule has 0 saturated heterocycles. The minimum absolute atomic E-state index is 0.685. The lowest BCUT2D eigenvalue weighted by atomic mass is 10.0. The van der Waals surface area contributed by atoms with Crippen LogP contribution in [0, 0.1) is 0 Å². The van der Waals surface area contributed by atoms with Crippen LogP contribution in [0.5, 0.6) is 5.75 Å². The Labute approximate surface area is 125 Å². The highest BCUT2D eigenvalue weighted by atomic mass is 35.5. The van der Waals surface area contributed by atoms with Crippen LogP contribution in [0.3, 0.4) is 0 Å². The van der Waals surface area contributed by atoms with Gasteiger partial charge in [-0.2, -0.15) is 0 Å². The van der Waals surface area contributed by atoms with E-state index >= 15 is 0 Å². The molecule has 1 N–H and O–H groups in total. The van der Waals surface area contributed by atoms with E-state index in [-0.39, 0.29) is 0 Å². The van der Waals surface area contributed by atoms with Crippen molar-refractivity contribution >= 4 is 11.6 Å². The maximum atomic E-state index is 6.33. The van der Waals surface area contributed by atoms with Crippen molar-refractivity contribution in [2.45, 2.75) is 20.4 Å². The largest absolute Gasteiger partial charge is 0.494 e. The Morgan fingerprint density at radius 3 is 2.30 bits per heavy atom. The maximum absolute atomic E-state index is 6.33. The van der Waals surface area contributed by atoms with Gasteiger partial charge in [-0.25, -0.2) is 0 Å². The van der Waals surface area contributed by atoms with Crippen molar-refractivity contribution in [3.05, 3.63) is 53.1 Å². The van der Waals surface area contributed by atoms with Crippen LogP contribution in [0.15, 0.2) is 42.5 Å². The van der Waals surface area contributed by atoms with Crippen LogP contribution >= 0.6 is 11.6 Å². The molecule has 2 aromatic rings. The summed E-state index contributed by atoms with van der Waals surface area (Å²) in [6.07, 6.45) is 0. The minimum Gasteiger partial charge on any atom is -0.494 e. The van der Waals surface area contributed by atoms with E-state index in [9.17, 15) is 0 Å². The van der Waals surface area contributed by atoms with Gasteiger partial charge in [0.1, 0.15) is 5.75 Å². The minimum atomic E-state index is 0.685. The molecule has 2 nitrogen and oxygen atoms in total. The summed E-state index contributed by atoms with van der Waals surface area (Å²) in [5.74, 6) is 0.895. The maximum Gasteiger partial charge on any atom is 0.119 e. The predicted molar refractivity (Wildman–Crippen MR) is 85.4 cm³/mol. The van der Waals surface area contributed by atoms with Crippen LogP contribution < -0.4 is 10.1 Å². The number of rotatable bonds is 6. The van der Waals surface area contributed by atoms with E-state index in [0.29, 0.717) is 6.61 Å². The number of halogens is 1. The quantitative estimate of drug-likeness (QED) is 0.844. The Morgan fingerprint density at radius 2 is 1.70 bits per heavy atom. The van der Waals surface area contributed by atoms with Crippen LogP contribution in [0.2, 0.25) is 5.02 Å². The van der Waals surface area contributed by atoms with Crippen LogP contribution in [0.25, 0.3) is 11.1 Å². The number of benzene rings is 2. The number of nitrogens with one attached hydrogen (secondary N) is 1. The molecule has 0 radical (unpaired) electrons. The summed E-state index contributed by atoms with van der Waals surface area (Å²) in [6, 6.07) is 14.3. The van der Waals surface area contributed by atoms with Crippen LogP contribution in [-0.4, -0.2) is 13.2 Å². The van der Waals surface area contributed by atoms with Crippen LogP contribution in [0.1, 0.15) is 19.4 Å². The summed E-state index contributed by atoms with van der Waals surface area (Å²) in [4.78, 5) is 0. The molecule has 0 spiro atoms. The number of hydrogen-bond acceptors (Lipinski definition) is 2. The Morgan fingerprint density at radius 1 is 1.00 bits per heavy atom. The zero-order valence-electron chi connectivity index (χ0n) is 11.9. The molecule has 0 saturated carbocycles. The molecule has 0 heterocycles. The molecule has 0 amide bonds. The molecule has 0 atom stereocenters. The standard InChI is InChI=1S/C17H20ClNO/c1-3-19-12-15-6-5-14(11-17(15)18)13-7-9-16(10-8-13)20-4-2/h5-11,19H,3-4,12H2,1-2H3. The van der Waals surface area contributed by atoms with Crippen molar-refractivity contribution in [3.8, 4) is 16.9 Å². The second-order valence-electron chi connectivity index (χ2n) is 4.54. The van der Waals surface area contributed by atoms with Crippen molar-refractivity contribution < 1.29 is 4.74 Å². The molecule has 2 aromatic carbocycles. The van der Waals surface area contributed by atoms with Gasteiger partial charge < -0.3 is 10.1 Å². The Kier molecular flexibility index (Phi) is 5.45. The first-order chi connectivity index (χ1) is 9.74. The Bertz CT molecular complexity index is 551. The fourth-order valence-corrected chi connectivity index (χ4v) is 2.29. The van der Waals surface area contributed by atoms with Gasteiger partial charge >= 0.3 is 0 Å². The molecule has 0 unspecified atom stereocenters. The summed E-state index contributed by atoms with van der Waals surface area (Å²) in [6.45, 7) is 6.50. The molecule has 106 valence electrons. The molecule has 3 heteroatoms. The molecule has 0 aliphatic heterocycles. The second-order valence-corrected chi connectivity index (χ2v) is 4.95. The summed E-state index contributed by atoms with van der Waals surface area (Å²) in [5.41, 5.74) is 3.40. The summed E-state index contributed by atoms with van der Waals surface area (Å²) < 4.78 is 5.45. The zero-order valence-corrected chi connectivity index (χ0v) is 12.7. The lowest BCUT2D eigenvalue weighted by Gasteiger charge is -2.09. The van der Waals surface area contributed by atoms with Crippen molar-refractivity contribution in [2.24, 2.45) is 0 Å². The van der Waals surface area contributed by atoms with E-state index in [2.05, 4.69) is 36.5 Å². The van der Waals surface area contributed by atoms with E-state index in [1.807, 2.05) is 25.1 Å².